The van der Waals surface area contributed by atoms with E-state index in [1.807, 2.05) is 35.3 Å². The van der Waals surface area contributed by atoms with Gasteiger partial charge in [0.25, 0.3) is 5.56 Å². The Morgan fingerprint density at radius 3 is 2.31 bits per heavy atom. The minimum atomic E-state index is -1.56. The maximum absolute atomic E-state index is 12.0. The van der Waals surface area contributed by atoms with Crippen LogP contribution in [0.3, 0.4) is 0 Å². The van der Waals surface area contributed by atoms with Gasteiger partial charge < -0.3 is 5.11 Å². The highest BCUT2D eigenvalue weighted by molar-refractivity contribution is 6.36. The van der Waals surface area contributed by atoms with E-state index in [9.17, 15) is 14.4 Å². The molecule has 0 radical (unpaired) electrons. The Bertz CT molecular complexity index is 1080. The van der Waals surface area contributed by atoms with Gasteiger partial charge in [-0.25, -0.2) is 9.59 Å². The number of hydrogen-bond acceptors (Lipinski definition) is 4. The number of carbonyl (C=O) groups is 1. The molecule has 0 unspecified atom stereocenters. The Balaban J connectivity index is 2.09. The second-order valence-corrected chi connectivity index (χ2v) is 6.19. The predicted octanol–water partition coefficient (Wildman–Crippen LogP) is 2.52. The van der Waals surface area contributed by atoms with E-state index in [0.717, 1.165) is 10.2 Å². The Morgan fingerprint density at radius 1 is 1.12 bits per heavy atom. The summed E-state index contributed by atoms with van der Waals surface area (Å²) < 4.78 is 0.731. The van der Waals surface area contributed by atoms with Crippen molar-refractivity contribution in [2.75, 3.05) is 0 Å². The van der Waals surface area contributed by atoms with E-state index in [-0.39, 0.29) is 15.7 Å². The van der Waals surface area contributed by atoms with Gasteiger partial charge in [0.05, 0.1) is 5.69 Å². The van der Waals surface area contributed by atoms with Crippen molar-refractivity contribution < 1.29 is 9.90 Å². The summed E-state index contributed by atoms with van der Waals surface area (Å²) in [6.45, 7) is 0. The topological polar surface area (TPSA) is 105 Å². The molecule has 0 fully saturated rings. The van der Waals surface area contributed by atoms with Gasteiger partial charge in [0.1, 0.15) is 0 Å². The summed E-state index contributed by atoms with van der Waals surface area (Å²) in [4.78, 5) is 36.4. The first-order valence-electron chi connectivity index (χ1n) is 7.36. The van der Waals surface area contributed by atoms with Crippen molar-refractivity contribution in [3.63, 3.8) is 0 Å². The number of aromatic amines is 1. The molecule has 0 spiro atoms. The first kappa shape index (κ1) is 17.9. The molecule has 0 aliphatic rings. The lowest BCUT2D eigenvalue weighted by Gasteiger charge is -2.11. The lowest BCUT2D eigenvalue weighted by molar-refractivity contribution is 0.0685. The largest absolute Gasteiger partial charge is 0.476 e. The first-order chi connectivity index (χ1) is 12.4. The van der Waals surface area contributed by atoms with E-state index in [0.29, 0.717) is 12.0 Å². The molecule has 0 saturated carbocycles. The van der Waals surface area contributed by atoms with Crippen LogP contribution >= 0.6 is 23.2 Å². The molecule has 0 aliphatic carbocycles. The zero-order valence-corrected chi connectivity index (χ0v) is 14.6. The number of benzene rings is 2. The molecule has 7 nitrogen and oxygen atoms in total. The molecule has 2 aromatic carbocycles. The molecular formula is C17H11Cl2N3O4. The third kappa shape index (κ3) is 3.54. The van der Waals surface area contributed by atoms with Crippen LogP contribution in [0.2, 0.25) is 10.0 Å². The fourth-order valence-corrected chi connectivity index (χ4v) is 3.00. The van der Waals surface area contributed by atoms with Gasteiger partial charge in [0.15, 0.2) is 0 Å². The summed E-state index contributed by atoms with van der Waals surface area (Å²) in [6.07, 6.45) is 0.479. The van der Waals surface area contributed by atoms with E-state index >= 15 is 0 Å². The number of aromatic nitrogens is 3. The molecule has 1 aromatic heterocycles. The number of halogens is 2. The Kier molecular flexibility index (Phi) is 4.92. The lowest BCUT2D eigenvalue weighted by Crippen LogP contribution is -2.35. The minimum Gasteiger partial charge on any atom is -0.476 e. The Labute approximate surface area is 156 Å². The van der Waals surface area contributed by atoms with Gasteiger partial charge in [0.2, 0.25) is 5.69 Å². The maximum atomic E-state index is 12.0. The normalized spacial score (nSPS) is 10.7. The number of H-pyrrole nitrogens is 1. The second-order valence-electron chi connectivity index (χ2n) is 5.38. The highest BCUT2D eigenvalue weighted by atomic mass is 35.5. The third-order valence-electron chi connectivity index (χ3n) is 3.62. The highest BCUT2D eigenvalue weighted by Gasteiger charge is 2.17. The van der Waals surface area contributed by atoms with Crippen molar-refractivity contribution in [3.8, 4) is 5.69 Å². The Hall–Kier alpha value is -2.90. The summed E-state index contributed by atoms with van der Waals surface area (Å²) >= 11 is 12.6. The molecule has 0 saturated heterocycles. The number of nitrogens with zero attached hydrogens (tertiary/aromatic N) is 2. The fourth-order valence-electron chi connectivity index (χ4n) is 2.40. The first-order valence-corrected chi connectivity index (χ1v) is 8.11. The molecule has 0 amide bonds. The van der Waals surface area contributed by atoms with Gasteiger partial charge in [-0.3, -0.25) is 9.78 Å². The second kappa shape index (κ2) is 7.15. The highest BCUT2D eigenvalue weighted by Crippen LogP contribution is 2.29. The van der Waals surface area contributed by atoms with Crippen LogP contribution in [0.1, 0.15) is 21.6 Å². The van der Waals surface area contributed by atoms with Crippen molar-refractivity contribution >= 4 is 29.2 Å². The number of carboxylic acids is 1. The summed E-state index contributed by atoms with van der Waals surface area (Å²) in [7, 11) is 0. The fraction of sp³-hybridized carbons (Fsp3) is 0.0588. The van der Waals surface area contributed by atoms with Gasteiger partial charge >= 0.3 is 11.7 Å². The monoisotopic (exact) mass is 391 g/mol. The zero-order valence-electron chi connectivity index (χ0n) is 13.1. The molecule has 0 aliphatic heterocycles. The molecule has 0 atom stereocenters. The minimum absolute atomic E-state index is 0.139. The number of carboxylic acid groups (broad SMARTS) is 1. The molecule has 3 rings (SSSR count). The number of aromatic carboxylic acids is 1. The molecule has 0 bridgehead atoms. The summed E-state index contributed by atoms with van der Waals surface area (Å²) in [6, 6.07) is 12.4. The number of rotatable bonds is 4. The quantitative estimate of drug-likeness (QED) is 0.710. The van der Waals surface area contributed by atoms with Crippen molar-refractivity contribution in [1.82, 2.24) is 14.8 Å². The van der Waals surface area contributed by atoms with Crippen molar-refractivity contribution in [2.45, 2.75) is 6.42 Å². The SMILES string of the molecule is O=C(O)c1nn(-c2cc(Cl)c(Cc3ccccc3)c(Cl)c2)c(=O)[nH]c1=O. The maximum Gasteiger partial charge on any atom is 0.362 e. The molecule has 3 aromatic rings. The van der Waals surface area contributed by atoms with E-state index in [4.69, 9.17) is 28.3 Å². The van der Waals surface area contributed by atoms with E-state index in [2.05, 4.69) is 5.10 Å². The number of hydrogen-bond donors (Lipinski definition) is 2. The van der Waals surface area contributed by atoms with Crippen LogP contribution in [0.15, 0.2) is 52.1 Å². The smallest absolute Gasteiger partial charge is 0.362 e. The lowest BCUT2D eigenvalue weighted by atomic mass is 10.0. The molecule has 132 valence electrons. The van der Waals surface area contributed by atoms with Gasteiger partial charge in [-0.2, -0.15) is 9.78 Å². The predicted molar refractivity (Wildman–Crippen MR) is 96.7 cm³/mol. The van der Waals surface area contributed by atoms with Crippen LogP contribution < -0.4 is 11.2 Å². The van der Waals surface area contributed by atoms with Crippen molar-refractivity contribution in [1.29, 1.82) is 0 Å². The van der Waals surface area contributed by atoms with Crippen LogP contribution in [0, 0.1) is 0 Å². The van der Waals surface area contributed by atoms with Crippen molar-refractivity contribution in [2.24, 2.45) is 0 Å². The summed E-state index contributed by atoms with van der Waals surface area (Å²) in [5.74, 6) is -1.56. The zero-order chi connectivity index (χ0) is 18.8. The van der Waals surface area contributed by atoms with Crippen LogP contribution in [0.4, 0.5) is 0 Å². The van der Waals surface area contributed by atoms with E-state index < -0.39 is 22.9 Å². The molecule has 1 heterocycles. The molecule has 2 N–H and O–H groups in total. The van der Waals surface area contributed by atoms with E-state index in [1.54, 1.807) is 0 Å². The Morgan fingerprint density at radius 2 is 1.73 bits per heavy atom. The summed E-state index contributed by atoms with van der Waals surface area (Å²) in [5, 5.41) is 13.1. The molecule has 26 heavy (non-hydrogen) atoms. The average Bonchev–Trinajstić information content (AvgIpc) is 2.58. The van der Waals surface area contributed by atoms with Gasteiger partial charge in [-0.05, 0) is 23.3 Å². The van der Waals surface area contributed by atoms with E-state index in [1.165, 1.54) is 12.1 Å². The molecule has 9 heteroatoms. The molecular weight excluding hydrogens is 381 g/mol. The van der Waals surface area contributed by atoms with Gasteiger partial charge in [-0.1, -0.05) is 53.5 Å². The van der Waals surface area contributed by atoms with Gasteiger partial charge in [0, 0.05) is 16.5 Å². The van der Waals surface area contributed by atoms with Crippen LogP contribution in [-0.2, 0) is 6.42 Å². The number of nitrogens with one attached hydrogen (secondary N) is 1. The van der Waals surface area contributed by atoms with Crippen LogP contribution in [0.5, 0.6) is 0 Å². The average molecular weight is 392 g/mol. The third-order valence-corrected chi connectivity index (χ3v) is 4.30. The standard InChI is InChI=1S/C17H11Cl2N3O4/c18-12-7-10(22-17(26)20-15(23)14(21-22)16(24)25)8-13(19)11(12)6-9-4-2-1-3-5-9/h1-5,7-8H,6H2,(H,24,25)(H,20,23,26). The van der Waals surface area contributed by atoms with Crippen molar-refractivity contribution in [3.05, 3.63) is 90.2 Å². The summed E-state index contributed by atoms with van der Waals surface area (Å²) in [5.41, 5.74) is -1.01. The van der Waals surface area contributed by atoms with Crippen LogP contribution in [-0.4, -0.2) is 25.8 Å². The van der Waals surface area contributed by atoms with Gasteiger partial charge in [-0.15, -0.1) is 0 Å². The van der Waals surface area contributed by atoms with Crippen LogP contribution in [0.25, 0.3) is 5.69 Å².